The van der Waals surface area contributed by atoms with Crippen molar-refractivity contribution in [3.8, 4) is 0 Å². The molecule has 4 aliphatic rings. The summed E-state index contributed by atoms with van der Waals surface area (Å²) in [7, 11) is 0. The van der Waals surface area contributed by atoms with E-state index in [-0.39, 0.29) is 49.7 Å². The average Bonchev–Trinajstić information content (AvgIpc) is 3.65. The molecule has 24 nitrogen and oxygen atoms in total. The molecule has 0 aliphatic carbocycles. The molecule has 4 fully saturated rings. The van der Waals surface area contributed by atoms with Gasteiger partial charge in [0.05, 0.1) is 26.1 Å². The zero-order valence-corrected chi connectivity index (χ0v) is 41.3. The van der Waals surface area contributed by atoms with Gasteiger partial charge in [0.1, 0.15) is 59.7 Å². The first-order chi connectivity index (χ1) is 30.4. The van der Waals surface area contributed by atoms with Crippen LogP contribution >= 0.6 is 47.6 Å². The molecule has 0 radical (unpaired) electrons. The Morgan fingerprint density at radius 2 is 1.00 bits per heavy atom. The maximum atomic E-state index is 10.8. The number of unbranched alkanes of at least 4 members (excludes halogenated alkanes) is 2. The molecule has 4 rings (SSSR count). The van der Waals surface area contributed by atoms with Crippen molar-refractivity contribution in [1.29, 1.82) is 0 Å². The Balaban J connectivity index is 0.000000338. The first-order valence-corrected chi connectivity index (χ1v) is 30.6. The fourth-order valence-electron chi connectivity index (χ4n) is 6.60. The van der Waals surface area contributed by atoms with Gasteiger partial charge in [-0.15, -0.1) is 27.9 Å². The Kier molecular flexibility index (Phi) is 29.9. The van der Waals surface area contributed by atoms with Crippen molar-refractivity contribution < 1.29 is 115 Å². The second-order valence-corrected chi connectivity index (χ2v) is 28.2. The Labute approximate surface area is 391 Å². The van der Waals surface area contributed by atoms with Gasteiger partial charge in [-0.05, 0) is 0 Å². The predicted molar refractivity (Wildman–Crippen MR) is 227 cm³/mol. The summed E-state index contributed by atoms with van der Waals surface area (Å²) in [5.74, 6) is -2.15. The fourth-order valence-corrected chi connectivity index (χ4v) is 22.0. The van der Waals surface area contributed by atoms with Crippen molar-refractivity contribution in [3.63, 3.8) is 0 Å². The van der Waals surface area contributed by atoms with Gasteiger partial charge in [0.2, 0.25) is 0 Å². The molecule has 376 valence electrons. The van der Waals surface area contributed by atoms with E-state index in [1.54, 1.807) is 0 Å². The van der Waals surface area contributed by atoms with Crippen molar-refractivity contribution in [2.75, 3.05) is 37.1 Å². The van der Waals surface area contributed by atoms with Crippen molar-refractivity contribution >= 4 is 84.7 Å². The third kappa shape index (κ3) is 19.4. The number of aliphatic carboxylic acids is 3. The Morgan fingerprint density at radius 1 is 0.578 bits per heavy atom. The second-order valence-electron chi connectivity index (χ2n) is 14.7. The molecule has 0 spiro atoms. The molecule has 0 aromatic carbocycles. The smallest absolute Gasteiger partial charge is 0.304 e. The van der Waals surface area contributed by atoms with Crippen LogP contribution in [0, 0.1) is 0 Å². The molecule has 0 amide bonds. The van der Waals surface area contributed by atoms with Crippen LogP contribution < -0.4 is 5.26 Å². The first-order valence-electron chi connectivity index (χ1n) is 20.5. The molecule has 29 heteroatoms. The minimum Gasteiger partial charge on any atom is -0.691 e. The van der Waals surface area contributed by atoms with E-state index in [2.05, 4.69) is 23.2 Å². The summed E-state index contributed by atoms with van der Waals surface area (Å²) in [4.78, 5) is 31.5. The first kappa shape index (κ1) is 60.0. The van der Waals surface area contributed by atoms with Crippen LogP contribution in [0.15, 0.2) is 0 Å². The molecule has 0 saturated carbocycles. The molecule has 4 saturated heterocycles. The summed E-state index contributed by atoms with van der Waals surface area (Å²) in [5, 5.41) is 126. The predicted octanol–water partition coefficient (Wildman–Crippen LogP) is -2.10. The number of thioether (sulfide) groups is 3. The van der Waals surface area contributed by atoms with Gasteiger partial charge in [-0.1, -0.05) is 0 Å². The molecular weight excluding hydrogens is 1050 g/mol. The van der Waals surface area contributed by atoms with E-state index in [1.807, 2.05) is 0 Å². The number of hydrogen-bond acceptors (Lipinski definition) is 25. The maximum Gasteiger partial charge on any atom is 0.304 e. The van der Waals surface area contributed by atoms with Crippen LogP contribution in [0.3, 0.4) is 0 Å². The van der Waals surface area contributed by atoms with Gasteiger partial charge in [0.25, 0.3) is 0 Å². The Hall–Kier alpha value is -0.111. The number of carboxylic acids is 3. The third-order valence-electron chi connectivity index (χ3n) is 9.99. The quantitative estimate of drug-likeness (QED) is 0.0153. The van der Waals surface area contributed by atoms with Crippen LogP contribution in [-0.4, -0.2) is 225 Å². The van der Waals surface area contributed by atoms with Crippen LogP contribution in [0.5, 0.6) is 0 Å². The van der Waals surface area contributed by atoms with Gasteiger partial charge in [0.15, 0.2) is 12.3 Å². The van der Waals surface area contributed by atoms with Gasteiger partial charge < -0.3 is 60.7 Å². The third-order valence-corrected chi connectivity index (χ3v) is 24.2. The van der Waals surface area contributed by atoms with Gasteiger partial charge >= 0.3 is 177 Å². The van der Waals surface area contributed by atoms with Crippen LogP contribution in [0.25, 0.3) is 0 Å². The molecule has 6 unspecified atom stereocenters. The monoisotopic (exact) mass is 1120 g/mol. The van der Waals surface area contributed by atoms with E-state index in [1.165, 1.54) is 11.8 Å². The van der Waals surface area contributed by atoms with E-state index in [0.29, 0.717) is 5.75 Å². The molecule has 4 aliphatic heterocycles. The summed E-state index contributed by atoms with van der Waals surface area (Å²) in [5.41, 5.74) is -2.37. The standard InChI is InChI=1S/C9H16O10S2.C9H16O7S.C9H14O7S.2C4H9.Sn/c10-3-4-6(13)8(17-21-19-18-15)7(14)9(16-4)20-2-1-5(11)12;2*10-3-4-6(13)7(14)8(15)9(16-4)17-2-1-5(11)12;2*1-3-4-2;/h4,6-10,13-15H,1-3H2,(H,11,12);4,6-10,13-15H,1-3H2,(H,11,12);4,6-10,15H,1-3H2,(H,11,12);2*1,3-4H2,2H3;/q;;-2;;;+2/p-1/t4?,6-,7?,8-,9-;2*4?,6-,7-,8?,9-;;;/m000.../s1. The molecule has 12 N–H and O–H groups in total. The minimum absolute atomic E-state index is 0.00264. The number of aliphatic hydroxyl groups is 9. The zero-order chi connectivity index (χ0) is 48.0. The second kappa shape index (κ2) is 31.9. The van der Waals surface area contributed by atoms with Gasteiger partial charge in [-0.2, -0.15) is 0 Å². The minimum atomic E-state index is -3.31. The Bertz CT molecular complexity index is 1330. The van der Waals surface area contributed by atoms with E-state index in [0.717, 1.165) is 58.1 Å². The Morgan fingerprint density at radius 3 is 1.44 bits per heavy atom. The summed E-state index contributed by atoms with van der Waals surface area (Å²) >= 11 is 0.0942. The van der Waals surface area contributed by atoms with Crippen LogP contribution in [0.1, 0.15) is 58.8 Å². The zero-order valence-electron chi connectivity index (χ0n) is 35.2. The van der Waals surface area contributed by atoms with Crippen LogP contribution in [-0.2, 0) is 48.3 Å². The van der Waals surface area contributed by atoms with Crippen molar-refractivity contribution in [2.45, 2.75) is 157 Å². The normalized spacial score (nSPS) is 34.4. The van der Waals surface area contributed by atoms with Crippen molar-refractivity contribution in [2.24, 2.45) is 0 Å². The van der Waals surface area contributed by atoms with Gasteiger partial charge in [-0.25, -0.2) is 0 Å². The number of aliphatic hydroxyl groups excluding tert-OH is 9. The molecule has 0 aromatic rings. The SMILES string of the molecule is CCC[CH2][Sn]1([CH2]CCC)[O][C@@H]2C(O)[C@H](SCCC(=O)O)OC(CO)[C@@H]2[O]1.O=C(O)CCS[C@@H]1OC(CO)[C@H](O)[C@H](O)C1O.O=C(O)CCS[C@@H]1OC(CO)[C@H](O)[C@H](OSOO[O-])C1O. The number of carboxylic acid groups (broad SMARTS) is 3. The molecule has 0 bridgehead atoms. The topological polar surface area (TPSA) is 391 Å². The van der Waals surface area contributed by atoms with Crippen LogP contribution in [0.2, 0.25) is 8.87 Å². The molecule has 0 aromatic heterocycles. The maximum absolute atomic E-state index is 10.8. The summed E-state index contributed by atoms with van der Waals surface area (Å²) in [6.45, 7) is 3.07. The van der Waals surface area contributed by atoms with E-state index in [9.17, 15) is 55.4 Å². The van der Waals surface area contributed by atoms with E-state index >= 15 is 0 Å². The average molecular weight is 1110 g/mol. The van der Waals surface area contributed by atoms with Gasteiger partial charge in [-0.3, -0.25) is 18.8 Å². The number of ether oxygens (including phenoxy) is 3. The largest absolute Gasteiger partial charge is 0.691 e. The fraction of sp³-hybridized carbons (Fsp3) is 0.914. The summed E-state index contributed by atoms with van der Waals surface area (Å²) in [6, 6.07) is 0. The number of fused-ring (bicyclic) bond motifs is 1. The number of rotatable bonds is 25. The number of hydrogen-bond donors (Lipinski definition) is 12. The summed E-state index contributed by atoms with van der Waals surface area (Å²) in [6.07, 6.45) is -8.31. The van der Waals surface area contributed by atoms with Gasteiger partial charge in [0, 0.05) is 11.5 Å². The summed E-state index contributed by atoms with van der Waals surface area (Å²) < 4.78 is 39.9. The van der Waals surface area contributed by atoms with E-state index in [4.69, 9.17) is 50.1 Å². The molecular formula is C35H63O24S4Sn-. The van der Waals surface area contributed by atoms with Crippen molar-refractivity contribution in [1.82, 2.24) is 0 Å². The van der Waals surface area contributed by atoms with Crippen molar-refractivity contribution in [3.05, 3.63) is 0 Å². The van der Waals surface area contributed by atoms with Crippen LogP contribution in [0.4, 0.5) is 0 Å². The molecule has 64 heavy (non-hydrogen) atoms. The van der Waals surface area contributed by atoms with E-state index < -0.39 is 140 Å². The molecule has 15 atom stereocenters. The number of carbonyl (C=O) groups is 3. The molecule has 4 heterocycles.